The van der Waals surface area contributed by atoms with Crippen molar-refractivity contribution in [2.75, 3.05) is 0 Å². The lowest BCUT2D eigenvalue weighted by Gasteiger charge is -2.07. The normalized spacial score (nSPS) is 10.5. The number of aromatic nitrogens is 1. The number of nitrogens with two attached hydrogens (primary N) is 1. The first-order valence-electron chi connectivity index (χ1n) is 5.33. The molecular formula is C12H13BrN2OS. The number of aryl methyl sites for hydroxylation is 1. The molecule has 0 atom stereocenters. The van der Waals surface area contributed by atoms with Crippen LogP contribution in [0.25, 0.3) is 0 Å². The van der Waals surface area contributed by atoms with Crippen molar-refractivity contribution in [3.63, 3.8) is 0 Å². The summed E-state index contributed by atoms with van der Waals surface area (Å²) in [6.45, 7) is 2.52. The number of hydrogen-bond acceptors (Lipinski definition) is 4. The highest BCUT2D eigenvalue weighted by atomic mass is 79.9. The van der Waals surface area contributed by atoms with Gasteiger partial charge in [-0.1, -0.05) is 34.2 Å². The van der Waals surface area contributed by atoms with E-state index in [1.165, 1.54) is 11.3 Å². The lowest BCUT2D eigenvalue weighted by molar-refractivity contribution is 0.471. The van der Waals surface area contributed by atoms with Crippen LogP contribution in [0.3, 0.4) is 0 Å². The fourth-order valence-corrected chi connectivity index (χ4v) is 2.57. The zero-order chi connectivity index (χ0) is 12.3. The minimum absolute atomic E-state index is 0.445. The summed E-state index contributed by atoms with van der Waals surface area (Å²) >= 11 is 4.92. The molecule has 2 rings (SSSR count). The van der Waals surface area contributed by atoms with Crippen molar-refractivity contribution in [1.82, 2.24) is 4.98 Å². The molecule has 1 heterocycles. The summed E-state index contributed by atoms with van der Waals surface area (Å²) < 4.78 is 6.74. The Morgan fingerprint density at radius 3 is 2.94 bits per heavy atom. The molecule has 0 aliphatic heterocycles. The molecule has 0 bridgehead atoms. The quantitative estimate of drug-likeness (QED) is 0.936. The Labute approximate surface area is 113 Å². The number of ether oxygens (including phenoxy) is 1. The van der Waals surface area contributed by atoms with Crippen molar-refractivity contribution < 1.29 is 4.74 Å². The van der Waals surface area contributed by atoms with Gasteiger partial charge in [0.15, 0.2) is 0 Å². The lowest BCUT2D eigenvalue weighted by Crippen LogP contribution is -1.99. The molecule has 17 heavy (non-hydrogen) atoms. The fourth-order valence-electron chi connectivity index (χ4n) is 1.40. The van der Waals surface area contributed by atoms with E-state index < -0.39 is 0 Å². The molecule has 0 saturated carbocycles. The van der Waals surface area contributed by atoms with Crippen LogP contribution in [0.5, 0.6) is 10.9 Å². The van der Waals surface area contributed by atoms with Gasteiger partial charge >= 0.3 is 0 Å². The topological polar surface area (TPSA) is 48.1 Å². The van der Waals surface area contributed by atoms with Gasteiger partial charge in [-0.2, -0.15) is 0 Å². The zero-order valence-electron chi connectivity index (χ0n) is 9.44. The van der Waals surface area contributed by atoms with Crippen molar-refractivity contribution in [3.8, 4) is 10.9 Å². The van der Waals surface area contributed by atoms with Gasteiger partial charge in [0.1, 0.15) is 5.75 Å². The monoisotopic (exact) mass is 312 g/mol. The van der Waals surface area contributed by atoms with E-state index in [0.717, 1.165) is 27.9 Å². The molecule has 0 spiro atoms. The van der Waals surface area contributed by atoms with E-state index >= 15 is 0 Å². The molecule has 0 amide bonds. The molecule has 2 N–H and O–H groups in total. The highest BCUT2D eigenvalue weighted by Crippen LogP contribution is 2.29. The average molecular weight is 313 g/mol. The SMILES string of the molecule is CCc1csc(Oc2ccc(Br)cc2CN)n1. The highest BCUT2D eigenvalue weighted by Gasteiger charge is 2.07. The average Bonchev–Trinajstić information content (AvgIpc) is 2.79. The maximum absolute atomic E-state index is 5.74. The van der Waals surface area contributed by atoms with Gasteiger partial charge in [0.25, 0.3) is 5.19 Å². The summed E-state index contributed by atoms with van der Waals surface area (Å²) in [6, 6.07) is 5.80. The van der Waals surface area contributed by atoms with E-state index in [1.54, 1.807) is 0 Å². The molecule has 90 valence electrons. The molecule has 1 aromatic heterocycles. The zero-order valence-corrected chi connectivity index (χ0v) is 11.8. The van der Waals surface area contributed by atoms with Crippen LogP contribution in [0.2, 0.25) is 0 Å². The maximum Gasteiger partial charge on any atom is 0.278 e. The number of benzene rings is 1. The third-order valence-electron chi connectivity index (χ3n) is 2.33. The Kier molecular flexibility index (Phi) is 4.15. The maximum atomic E-state index is 5.74. The van der Waals surface area contributed by atoms with E-state index in [4.69, 9.17) is 10.5 Å². The third kappa shape index (κ3) is 3.06. The number of thiazole rings is 1. The molecule has 3 nitrogen and oxygen atoms in total. The van der Waals surface area contributed by atoms with Crippen molar-refractivity contribution in [3.05, 3.63) is 39.3 Å². The van der Waals surface area contributed by atoms with E-state index in [2.05, 4.69) is 27.8 Å². The Morgan fingerprint density at radius 1 is 1.47 bits per heavy atom. The van der Waals surface area contributed by atoms with E-state index in [1.807, 2.05) is 23.6 Å². The van der Waals surface area contributed by atoms with Crippen LogP contribution in [-0.2, 0) is 13.0 Å². The number of hydrogen-bond donors (Lipinski definition) is 1. The van der Waals surface area contributed by atoms with E-state index in [-0.39, 0.29) is 0 Å². The molecule has 0 aliphatic rings. The molecule has 0 radical (unpaired) electrons. The van der Waals surface area contributed by atoms with Gasteiger partial charge in [-0.25, -0.2) is 4.98 Å². The van der Waals surface area contributed by atoms with Gasteiger partial charge in [0.2, 0.25) is 0 Å². The fraction of sp³-hybridized carbons (Fsp3) is 0.250. The Bertz CT molecular complexity index is 513. The molecule has 0 unspecified atom stereocenters. The summed E-state index contributed by atoms with van der Waals surface area (Å²) in [6.07, 6.45) is 0.921. The molecule has 0 aliphatic carbocycles. The Morgan fingerprint density at radius 2 is 2.29 bits per heavy atom. The van der Waals surface area contributed by atoms with Gasteiger partial charge in [0.05, 0.1) is 5.69 Å². The predicted octanol–water partition coefficient (Wildman–Crippen LogP) is 3.72. The molecule has 1 aromatic carbocycles. The van der Waals surface area contributed by atoms with Crippen LogP contribution in [-0.4, -0.2) is 4.98 Å². The largest absolute Gasteiger partial charge is 0.431 e. The van der Waals surface area contributed by atoms with Gasteiger partial charge < -0.3 is 10.5 Å². The molecule has 0 fully saturated rings. The Balaban J connectivity index is 2.23. The summed E-state index contributed by atoms with van der Waals surface area (Å²) in [7, 11) is 0. The van der Waals surface area contributed by atoms with Crippen LogP contribution in [0.1, 0.15) is 18.2 Å². The van der Waals surface area contributed by atoms with Crippen molar-refractivity contribution in [2.45, 2.75) is 19.9 Å². The van der Waals surface area contributed by atoms with Crippen LogP contribution in [0.15, 0.2) is 28.1 Å². The first-order valence-corrected chi connectivity index (χ1v) is 7.01. The Hall–Kier alpha value is -0.910. The summed E-state index contributed by atoms with van der Waals surface area (Å²) in [5.41, 5.74) is 7.70. The standard InChI is InChI=1S/C12H13BrN2OS/c1-2-10-7-17-12(15-10)16-11-4-3-9(13)5-8(11)6-14/h3-5,7H,2,6,14H2,1H3. The second-order valence-corrected chi connectivity index (χ2v) is 5.25. The van der Waals surface area contributed by atoms with Crippen LogP contribution in [0.4, 0.5) is 0 Å². The second kappa shape index (κ2) is 5.62. The summed E-state index contributed by atoms with van der Waals surface area (Å²) in [4.78, 5) is 4.37. The summed E-state index contributed by atoms with van der Waals surface area (Å²) in [5, 5.41) is 2.68. The highest BCUT2D eigenvalue weighted by molar-refractivity contribution is 9.10. The minimum Gasteiger partial charge on any atom is -0.431 e. The second-order valence-electron chi connectivity index (χ2n) is 3.52. The van der Waals surface area contributed by atoms with Gasteiger partial charge in [-0.3, -0.25) is 0 Å². The first-order chi connectivity index (χ1) is 8.22. The lowest BCUT2D eigenvalue weighted by atomic mass is 10.2. The number of nitrogens with zero attached hydrogens (tertiary/aromatic N) is 1. The smallest absolute Gasteiger partial charge is 0.278 e. The van der Waals surface area contributed by atoms with Crippen molar-refractivity contribution in [2.24, 2.45) is 5.73 Å². The molecule has 2 aromatic rings. The molecular weight excluding hydrogens is 300 g/mol. The molecule has 0 saturated heterocycles. The van der Waals surface area contributed by atoms with Crippen LogP contribution < -0.4 is 10.5 Å². The molecule has 5 heteroatoms. The van der Waals surface area contributed by atoms with Gasteiger partial charge in [-0.15, -0.1) is 0 Å². The van der Waals surface area contributed by atoms with Gasteiger partial charge in [0, 0.05) is 22.0 Å². The summed E-state index contributed by atoms with van der Waals surface area (Å²) in [5.74, 6) is 0.771. The number of halogens is 1. The van der Waals surface area contributed by atoms with Crippen molar-refractivity contribution in [1.29, 1.82) is 0 Å². The number of rotatable bonds is 4. The predicted molar refractivity (Wildman–Crippen MR) is 73.6 cm³/mol. The van der Waals surface area contributed by atoms with E-state index in [0.29, 0.717) is 11.7 Å². The van der Waals surface area contributed by atoms with Crippen molar-refractivity contribution >= 4 is 27.3 Å². The van der Waals surface area contributed by atoms with E-state index in [9.17, 15) is 0 Å². The third-order valence-corrected chi connectivity index (χ3v) is 3.59. The van der Waals surface area contributed by atoms with Crippen LogP contribution in [0, 0.1) is 0 Å². The minimum atomic E-state index is 0.445. The van der Waals surface area contributed by atoms with Gasteiger partial charge in [-0.05, 0) is 24.6 Å². The van der Waals surface area contributed by atoms with Crippen LogP contribution >= 0.6 is 27.3 Å². The first kappa shape index (κ1) is 12.5.